The lowest BCUT2D eigenvalue weighted by atomic mass is 9.93. The van der Waals surface area contributed by atoms with Crippen molar-refractivity contribution in [1.29, 1.82) is 0 Å². The largest absolute Gasteiger partial charge is 0.289 e. The average Bonchev–Trinajstić information content (AvgIpc) is 2.80. The fourth-order valence-electron chi connectivity index (χ4n) is 4.04. The van der Waals surface area contributed by atoms with Crippen LogP contribution >= 0.6 is 11.6 Å². The summed E-state index contributed by atoms with van der Waals surface area (Å²) in [4.78, 5) is 2.67. The Labute approximate surface area is 143 Å². The van der Waals surface area contributed by atoms with Gasteiger partial charge in [0.05, 0.1) is 0 Å². The first-order valence-electron chi connectivity index (χ1n) is 8.47. The molecular weight excluding hydrogens is 302 g/mol. The monoisotopic (exact) mass is 323 g/mol. The van der Waals surface area contributed by atoms with Crippen LogP contribution in [-0.2, 0) is 6.54 Å². The molecule has 0 saturated carbocycles. The third-order valence-corrected chi connectivity index (χ3v) is 5.55. The summed E-state index contributed by atoms with van der Waals surface area (Å²) in [6.07, 6.45) is 6.14. The van der Waals surface area contributed by atoms with E-state index in [1.54, 1.807) is 0 Å². The molecule has 2 atom stereocenters. The highest BCUT2D eigenvalue weighted by molar-refractivity contribution is 6.32. The van der Waals surface area contributed by atoms with Gasteiger partial charge in [-0.1, -0.05) is 65.7 Å². The lowest BCUT2D eigenvalue weighted by Crippen LogP contribution is -2.37. The van der Waals surface area contributed by atoms with Crippen LogP contribution in [0, 0.1) is 6.92 Å². The molecule has 0 amide bonds. The fraction of sp³-hybridized carbons (Fsp3) is 0.333. The number of hydrogen-bond donors (Lipinski definition) is 0. The maximum absolute atomic E-state index is 6.46. The number of nitrogens with zero attached hydrogens (tertiary/aromatic N) is 1. The second-order valence-corrected chi connectivity index (χ2v) is 7.24. The topological polar surface area (TPSA) is 3.24 Å². The maximum atomic E-state index is 6.46. The van der Waals surface area contributed by atoms with E-state index in [1.165, 1.54) is 35.1 Å². The lowest BCUT2D eigenvalue weighted by molar-refractivity contribution is 0.203. The zero-order valence-corrected chi connectivity index (χ0v) is 14.3. The molecule has 2 unspecified atom stereocenters. The fourth-order valence-corrected chi connectivity index (χ4v) is 4.28. The second kappa shape index (κ2) is 6.14. The van der Waals surface area contributed by atoms with Gasteiger partial charge >= 0.3 is 0 Å². The van der Waals surface area contributed by atoms with Gasteiger partial charge in [0.15, 0.2) is 0 Å². The van der Waals surface area contributed by atoms with Gasteiger partial charge in [0.25, 0.3) is 0 Å². The van der Waals surface area contributed by atoms with Crippen LogP contribution in [0.15, 0.2) is 54.6 Å². The third kappa shape index (κ3) is 2.96. The standard InChI is InChI=1S/C21H22ClN/c1-15-7-10-21(22)20(11-15)17-12-18-8-9-19(13-17)23(18)14-16-5-3-2-4-6-16/h2-7,10-12,18-19H,8-9,13-14H2,1H3. The van der Waals surface area contributed by atoms with Gasteiger partial charge in [0.2, 0.25) is 0 Å². The molecule has 0 aromatic heterocycles. The molecule has 4 rings (SSSR count). The summed E-state index contributed by atoms with van der Waals surface area (Å²) < 4.78 is 0. The molecule has 0 N–H and O–H groups in total. The molecule has 2 aromatic rings. The summed E-state index contributed by atoms with van der Waals surface area (Å²) >= 11 is 6.46. The van der Waals surface area contributed by atoms with Crippen LogP contribution in [0.4, 0.5) is 0 Å². The van der Waals surface area contributed by atoms with Crippen molar-refractivity contribution < 1.29 is 0 Å². The number of fused-ring (bicyclic) bond motifs is 2. The molecule has 0 aliphatic carbocycles. The van der Waals surface area contributed by atoms with Crippen LogP contribution in [0.3, 0.4) is 0 Å². The summed E-state index contributed by atoms with van der Waals surface area (Å²) in [5, 5.41) is 0.887. The molecule has 2 heterocycles. The van der Waals surface area contributed by atoms with E-state index in [1.807, 2.05) is 6.07 Å². The predicted octanol–water partition coefficient (Wildman–Crippen LogP) is 5.47. The molecule has 0 radical (unpaired) electrons. The Bertz CT molecular complexity index is 735. The van der Waals surface area contributed by atoms with Gasteiger partial charge in [0.1, 0.15) is 0 Å². The second-order valence-electron chi connectivity index (χ2n) is 6.84. The summed E-state index contributed by atoms with van der Waals surface area (Å²) in [5.41, 5.74) is 5.37. The zero-order chi connectivity index (χ0) is 15.8. The summed E-state index contributed by atoms with van der Waals surface area (Å²) in [6.45, 7) is 3.20. The quantitative estimate of drug-likeness (QED) is 0.724. The Morgan fingerprint density at radius 1 is 1.09 bits per heavy atom. The molecule has 1 fully saturated rings. The lowest BCUT2D eigenvalue weighted by Gasteiger charge is -2.34. The summed E-state index contributed by atoms with van der Waals surface area (Å²) in [5.74, 6) is 0. The molecule has 2 bridgehead atoms. The Morgan fingerprint density at radius 2 is 1.91 bits per heavy atom. The van der Waals surface area contributed by atoms with E-state index in [0.29, 0.717) is 12.1 Å². The van der Waals surface area contributed by atoms with Crippen molar-refractivity contribution in [2.45, 2.75) is 44.8 Å². The van der Waals surface area contributed by atoms with Crippen molar-refractivity contribution in [2.75, 3.05) is 0 Å². The minimum Gasteiger partial charge on any atom is -0.289 e. The van der Waals surface area contributed by atoms with Gasteiger partial charge in [-0.3, -0.25) is 4.90 Å². The highest BCUT2D eigenvalue weighted by atomic mass is 35.5. The number of halogens is 1. The zero-order valence-electron chi connectivity index (χ0n) is 13.5. The smallest absolute Gasteiger partial charge is 0.0481 e. The van der Waals surface area contributed by atoms with Crippen molar-refractivity contribution in [2.24, 2.45) is 0 Å². The highest BCUT2D eigenvalue weighted by Gasteiger charge is 2.36. The van der Waals surface area contributed by atoms with Gasteiger partial charge in [-0.15, -0.1) is 0 Å². The minimum atomic E-state index is 0.556. The first kappa shape index (κ1) is 15.0. The van der Waals surface area contributed by atoms with Crippen LogP contribution in [0.25, 0.3) is 5.57 Å². The Balaban J connectivity index is 1.60. The van der Waals surface area contributed by atoms with Crippen LogP contribution in [0.5, 0.6) is 0 Å². The normalized spacial score (nSPS) is 23.8. The van der Waals surface area contributed by atoms with Crippen molar-refractivity contribution in [3.8, 4) is 0 Å². The van der Waals surface area contributed by atoms with Gasteiger partial charge < -0.3 is 0 Å². The van der Waals surface area contributed by atoms with Crippen molar-refractivity contribution >= 4 is 17.2 Å². The molecule has 2 aliphatic heterocycles. The van der Waals surface area contributed by atoms with E-state index in [4.69, 9.17) is 11.6 Å². The van der Waals surface area contributed by atoms with Crippen LogP contribution < -0.4 is 0 Å². The SMILES string of the molecule is Cc1ccc(Cl)c(C2=CC3CCC(C2)N3Cc2ccccc2)c1. The third-order valence-electron chi connectivity index (χ3n) is 5.22. The van der Waals surface area contributed by atoms with Crippen LogP contribution in [0.1, 0.15) is 36.0 Å². The number of hydrogen-bond acceptors (Lipinski definition) is 1. The maximum Gasteiger partial charge on any atom is 0.0481 e. The first-order valence-corrected chi connectivity index (χ1v) is 8.85. The van der Waals surface area contributed by atoms with E-state index in [0.717, 1.165) is 18.0 Å². The molecule has 1 saturated heterocycles. The summed E-state index contributed by atoms with van der Waals surface area (Å²) in [6, 6.07) is 18.4. The van der Waals surface area contributed by atoms with Gasteiger partial charge in [-0.05, 0) is 49.0 Å². The van der Waals surface area contributed by atoms with Crippen molar-refractivity contribution in [3.63, 3.8) is 0 Å². The molecule has 0 spiro atoms. The van der Waals surface area contributed by atoms with E-state index in [9.17, 15) is 0 Å². The molecule has 23 heavy (non-hydrogen) atoms. The number of rotatable bonds is 3. The Kier molecular flexibility index (Phi) is 4.00. The Hall–Kier alpha value is -1.57. The Morgan fingerprint density at radius 3 is 2.70 bits per heavy atom. The molecule has 2 aromatic carbocycles. The van der Waals surface area contributed by atoms with Gasteiger partial charge in [0, 0.05) is 23.7 Å². The first-order chi connectivity index (χ1) is 11.2. The summed E-state index contributed by atoms with van der Waals surface area (Å²) in [7, 11) is 0. The van der Waals surface area contributed by atoms with E-state index < -0.39 is 0 Å². The van der Waals surface area contributed by atoms with Crippen LogP contribution in [0.2, 0.25) is 5.02 Å². The van der Waals surface area contributed by atoms with Gasteiger partial charge in [-0.2, -0.15) is 0 Å². The van der Waals surface area contributed by atoms with Crippen molar-refractivity contribution in [3.05, 3.63) is 76.3 Å². The molecule has 118 valence electrons. The molecular formula is C21H22ClN. The molecule has 1 nitrogen and oxygen atoms in total. The number of benzene rings is 2. The van der Waals surface area contributed by atoms with Crippen LogP contribution in [-0.4, -0.2) is 17.0 Å². The predicted molar refractivity (Wildman–Crippen MR) is 97.6 cm³/mol. The van der Waals surface area contributed by atoms with Gasteiger partial charge in [-0.25, -0.2) is 0 Å². The average molecular weight is 324 g/mol. The number of aryl methyl sites for hydroxylation is 1. The minimum absolute atomic E-state index is 0.556. The molecule has 2 aliphatic rings. The van der Waals surface area contributed by atoms with Crippen molar-refractivity contribution in [1.82, 2.24) is 4.90 Å². The highest BCUT2D eigenvalue weighted by Crippen LogP contribution is 2.41. The molecule has 2 heteroatoms. The van der Waals surface area contributed by atoms with E-state index in [-0.39, 0.29) is 0 Å². The van der Waals surface area contributed by atoms with E-state index in [2.05, 4.69) is 60.4 Å². The van der Waals surface area contributed by atoms with E-state index >= 15 is 0 Å².